The molecule has 3 nitrogen and oxygen atoms in total. The normalized spacial score (nSPS) is 13.5. The first-order valence-electron chi connectivity index (χ1n) is 5.96. The highest BCUT2D eigenvalue weighted by molar-refractivity contribution is 8.15. The molecular formula is C12H6F7NO2S2. The van der Waals surface area contributed by atoms with Crippen molar-refractivity contribution < 1.29 is 39.9 Å². The summed E-state index contributed by atoms with van der Waals surface area (Å²) in [7, 11) is 0. The molecule has 0 amide bonds. The van der Waals surface area contributed by atoms with Crippen LogP contribution in [0.15, 0.2) is 33.9 Å². The largest absolute Gasteiger partial charge is 0.460 e. The van der Waals surface area contributed by atoms with Crippen LogP contribution in [0.5, 0.6) is 0 Å². The van der Waals surface area contributed by atoms with Crippen LogP contribution < -0.4 is 0 Å². The first-order valence-corrected chi connectivity index (χ1v) is 7.77. The Hall–Kier alpha value is -1.43. The van der Waals surface area contributed by atoms with Crippen molar-refractivity contribution in [3.63, 3.8) is 0 Å². The van der Waals surface area contributed by atoms with E-state index in [9.17, 15) is 35.5 Å². The minimum Gasteiger partial charge on any atom is -0.431 e. The lowest BCUT2D eigenvalue weighted by Gasteiger charge is -2.27. The predicted octanol–water partition coefficient (Wildman–Crippen LogP) is 4.97. The number of thioether (sulfide) groups is 2. The molecule has 1 aromatic carbocycles. The maximum absolute atomic E-state index is 13.1. The molecule has 0 atom stereocenters. The first-order chi connectivity index (χ1) is 10.9. The third-order valence-electron chi connectivity index (χ3n) is 2.57. The number of nitrogens with zero attached hydrogens (tertiary/aromatic N) is 1. The van der Waals surface area contributed by atoms with Crippen LogP contribution in [0.1, 0.15) is 0 Å². The second-order valence-corrected chi connectivity index (χ2v) is 6.40. The molecule has 0 radical (unpaired) electrons. The molecule has 0 spiro atoms. The Kier molecular flexibility index (Phi) is 5.09. The van der Waals surface area contributed by atoms with Crippen molar-refractivity contribution in [3.05, 3.63) is 24.3 Å². The Morgan fingerprint density at radius 2 is 1.71 bits per heavy atom. The number of para-hydroxylation sites is 2. The summed E-state index contributed by atoms with van der Waals surface area (Å²) in [5, 5.41) is -6.82. The van der Waals surface area contributed by atoms with Crippen molar-refractivity contribution in [1.82, 2.24) is 4.98 Å². The third kappa shape index (κ3) is 3.79. The van der Waals surface area contributed by atoms with E-state index in [0.717, 1.165) is 0 Å². The number of carbonyl (C=O) groups is 1. The zero-order chi connectivity index (χ0) is 18.2. The Bertz CT molecular complexity index is 711. The molecule has 0 saturated heterocycles. The fourth-order valence-corrected chi connectivity index (χ4v) is 2.91. The molecule has 0 aliphatic rings. The molecule has 132 valence electrons. The van der Waals surface area contributed by atoms with Gasteiger partial charge in [-0.3, -0.25) is 4.79 Å². The monoisotopic (exact) mass is 393 g/mol. The third-order valence-corrected chi connectivity index (χ3v) is 4.50. The highest BCUT2D eigenvalue weighted by atomic mass is 32.2. The molecule has 0 bridgehead atoms. The molecule has 2 rings (SSSR count). The lowest BCUT2D eigenvalue weighted by Crippen LogP contribution is -2.50. The predicted molar refractivity (Wildman–Crippen MR) is 73.3 cm³/mol. The number of benzene rings is 1. The summed E-state index contributed by atoms with van der Waals surface area (Å²) in [5.41, 5.74) is 0.670. The summed E-state index contributed by atoms with van der Waals surface area (Å²) in [6.07, 6.45) is -6.43. The maximum atomic E-state index is 13.1. The molecule has 0 aliphatic heterocycles. The molecule has 1 heterocycles. The minimum absolute atomic E-state index is 0.229. The van der Waals surface area contributed by atoms with Gasteiger partial charge in [0.1, 0.15) is 5.52 Å². The molecule has 0 saturated carbocycles. The number of rotatable bonds is 5. The van der Waals surface area contributed by atoms with Crippen LogP contribution in [0.3, 0.4) is 0 Å². The van der Waals surface area contributed by atoms with Crippen LogP contribution in [0.4, 0.5) is 30.7 Å². The van der Waals surface area contributed by atoms with E-state index in [1.165, 1.54) is 6.07 Å². The number of carbonyl (C=O) groups excluding carboxylic acids is 1. The standard InChI is InChI=1S/C12H6F7NO2S2/c13-10(14,11(15,16)17)12(18,19)23-5-8(21)24-9-20-6-3-1-2-4-7(6)22-9/h1-4H,5H2. The van der Waals surface area contributed by atoms with Gasteiger partial charge in [0.25, 0.3) is 5.22 Å². The maximum Gasteiger partial charge on any atom is 0.460 e. The van der Waals surface area contributed by atoms with Gasteiger partial charge < -0.3 is 4.42 Å². The number of aromatic nitrogens is 1. The van der Waals surface area contributed by atoms with Gasteiger partial charge in [-0.2, -0.15) is 30.7 Å². The number of fused-ring (bicyclic) bond motifs is 1. The zero-order valence-electron chi connectivity index (χ0n) is 11.2. The fraction of sp³-hybridized carbons (Fsp3) is 0.333. The molecule has 1 aromatic heterocycles. The van der Waals surface area contributed by atoms with E-state index >= 15 is 0 Å². The van der Waals surface area contributed by atoms with E-state index in [1.807, 2.05) is 0 Å². The van der Waals surface area contributed by atoms with Crippen molar-refractivity contribution in [2.24, 2.45) is 0 Å². The minimum atomic E-state index is -6.43. The van der Waals surface area contributed by atoms with E-state index in [1.54, 1.807) is 18.2 Å². The van der Waals surface area contributed by atoms with Gasteiger partial charge in [0.2, 0.25) is 5.12 Å². The highest BCUT2D eigenvalue weighted by Crippen LogP contribution is 2.52. The number of halogens is 7. The molecule has 0 unspecified atom stereocenters. The van der Waals surface area contributed by atoms with Crippen molar-refractivity contribution in [2.45, 2.75) is 22.6 Å². The van der Waals surface area contributed by atoms with Gasteiger partial charge in [-0.1, -0.05) is 23.9 Å². The van der Waals surface area contributed by atoms with Crippen LogP contribution in [-0.4, -0.2) is 33.2 Å². The Labute approximate surface area is 138 Å². The van der Waals surface area contributed by atoms with Gasteiger partial charge in [-0.15, -0.1) is 0 Å². The average Bonchev–Trinajstić information content (AvgIpc) is 2.86. The summed E-state index contributed by atoms with van der Waals surface area (Å²) in [6.45, 7) is 0. The summed E-state index contributed by atoms with van der Waals surface area (Å²) in [4.78, 5) is 15.3. The van der Waals surface area contributed by atoms with Crippen LogP contribution in [0.25, 0.3) is 11.1 Å². The van der Waals surface area contributed by atoms with Crippen LogP contribution in [0.2, 0.25) is 0 Å². The SMILES string of the molecule is O=C(CSC(F)(F)C(F)(F)C(F)(F)F)Sc1nc2ccccc2o1. The lowest BCUT2D eigenvalue weighted by atomic mass is 10.3. The number of alkyl halides is 7. The van der Waals surface area contributed by atoms with Gasteiger partial charge in [-0.25, -0.2) is 4.98 Å². The first kappa shape index (κ1) is 18.9. The second-order valence-electron chi connectivity index (χ2n) is 4.30. The molecule has 24 heavy (non-hydrogen) atoms. The van der Waals surface area contributed by atoms with E-state index in [0.29, 0.717) is 11.1 Å². The molecule has 12 heteroatoms. The van der Waals surface area contributed by atoms with Gasteiger partial charge in [0, 0.05) is 11.8 Å². The van der Waals surface area contributed by atoms with Crippen molar-refractivity contribution in [3.8, 4) is 0 Å². The van der Waals surface area contributed by atoms with Gasteiger partial charge in [-0.05, 0) is 12.1 Å². The van der Waals surface area contributed by atoms with E-state index < -0.39 is 40.0 Å². The molecular weight excluding hydrogens is 387 g/mol. The topological polar surface area (TPSA) is 43.1 Å². The van der Waals surface area contributed by atoms with Gasteiger partial charge >= 0.3 is 17.4 Å². The molecule has 2 aromatic rings. The number of hydrogen-bond donors (Lipinski definition) is 0. The Morgan fingerprint density at radius 1 is 1.08 bits per heavy atom. The highest BCUT2D eigenvalue weighted by Gasteiger charge is 2.73. The van der Waals surface area contributed by atoms with Crippen LogP contribution >= 0.6 is 23.5 Å². The Morgan fingerprint density at radius 3 is 2.29 bits per heavy atom. The van der Waals surface area contributed by atoms with Gasteiger partial charge in [0.15, 0.2) is 5.58 Å². The smallest absolute Gasteiger partial charge is 0.431 e. The van der Waals surface area contributed by atoms with Crippen LogP contribution in [0, 0.1) is 0 Å². The molecule has 0 aliphatic carbocycles. The van der Waals surface area contributed by atoms with Gasteiger partial charge in [0.05, 0.1) is 5.75 Å². The zero-order valence-corrected chi connectivity index (χ0v) is 12.9. The van der Waals surface area contributed by atoms with Crippen molar-refractivity contribution in [2.75, 3.05) is 5.75 Å². The summed E-state index contributed by atoms with van der Waals surface area (Å²) in [6, 6.07) is 6.29. The quantitative estimate of drug-likeness (QED) is 0.530. The average molecular weight is 393 g/mol. The number of oxazole rings is 1. The molecule has 0 N–H and O–H groups in total. The summed E-state index contributed by atoms with van der Waals surface area (Å²) < 4.78 is 92.5. The van der Waals surface area contributed by atoms with E-state index in [2.05, 4.69) is 4.98 Å². The van der Waals surface area contributed by atoms with Crippen molar-refractivity contribution >= 4 is 39.7 Å². The van der Waals surface area contributed by atoms with Crippen LogP contribution in [-0.2, 0) is 4.79 Å². The van der Waals surface area contributed by atoms with E-state index in [4.69, 9.17) is 4.42 Å². The number of hydrogen-bond acceptors (Lipinski definition) is 5. The van der Waals surface area contributed by atoms with E-state index in [-0.39, 0.29) is 17.0 Å². The fourth-order valence-electron chi connectivity index (χ4n) is 1.43. The molecule has 0 fully saturated rings. The summed E-state index contributed by atoms with van der Waals surface area (Å²) >= 11 is -0.865. The Balaban J connectivity index is 2.00. The van der Waals surface area contributed by atoms with Crippen molar-refractivity contribution in [1.29, 1.82) is 0 Å². The second kappa shape index (κ2) is 6.47. The lowest BCUT2D eigenvalue weighted by molar-refractivity contribution is -0.330. The summed E-state index contributed by atoms with van der Waals surface area (Å²) in [5.74, 6) is -7.55.